The molecule has 2 aliphatic rings. The Balaban J connectivity index is 1.63. The Morgan fingerprint density at radius 1 is 1.17 bits per heavy atom. The molecular weight excluding hydrogens is 304 g/mol. The molecule has 2 atom stereocenters. The fraction of sp³-hybridized carbons (Fsp3) is 0.579. The van der Waals surface area contributed by atoms with E-state index in [0.717, 1.165) is 50.9 Å². The normalized spacial score (nSPS) is 21.7. The van der Waals surface area contributed by atoms with Gasteiger partial charge in [0.05, 0.1) is 12.5 Å². The van der Waals surface area contributed by atoms with Crippen molar-refractivity contribution < 1.29 is 14.3 Å². The number of ether oxygens (including phenoxy) is 1. The van der Waals surface area contributed by atoms with Gasteiger partial charge in [-0.1, -0.05) is 30.3 Å². The summed E-state index contributed by atoms with van der Waals surface area (Å²) >= 11 is 0. The van der Waals surface area contributed by atoms with Gasteiger partial charge in [0.15, 0.2) is 0 Å². The zero-order valence-electron chi connectivity index (χ0n) is 14.1. The van der Waals surface area contributed by atoms with Crippen molar-refractivity contribution >= 4 is 11.8 Å². The molecule has 3 rings (SSSR count). The van der Waals surface area contributed by atoms with Crippen LogP contribution in [-0.2, 0) is 20.7 Å². The van der Waals surface area contributed by atoms with Crippen molar-refractivity contribution in [2.45, 2.75) is 50.7 Å². The van der Waals surface area contributed by atoms with Crippen molar-refractivity contribution in [2.24, 2.45) is 0 Å². The minimum absolute atomic E-state index is 0.00395. The molecule has 2 amide bonds. The minimum atomic E-state index is -0.487. The predicted octanol–water partition coefficient (Wildman–Crippen LogP) is 1.91. The number of carbonyl (C=O) groups is 2. The minimum Gasteiger partial charge on any atom is -0.378 e. The number of benzene rings is 1. The summed E-state index contributed by atoms with van der Waals surface area (Å²) in [5, 5.41) is 2.96. The average molecular weight is 330 g/mol. The SMILES string of the molecule is O=C(CC1CCCO1)NC(Cc1ccccc1)C(=O)N1CCCC1. The highest BCUT2D eigenvalue weighted by atomic mass is 16.5. The second kappa shape index (κ2) is 8.29. The van der Waals surface area contributed by atoms with Gasteiger partial charge in [0.2, 0.25) is 11.8 Å². The Hall–Kier alpha value is -1.88. The largest absolute Gasteiger partial charge is 0.378 e. The van der Waals surface area contributed by atoms with Crippen LogP contribution in [0, 0.1) is 0 Å². The van der Waals surface area contributed by atoms with Crippen molar-refractivity contribution in [3.63, 3.8) is 0 Å². The maximum atomic E-state index is 12.8. The maximum absolute atomic E-state index is 12.8. The van der Waals surface area contributed by atoms with Gasteiger partial charge in [0, 0.05) is 26.1 Å². The Morgan fingerprint density at radius 3 is 2.58 bits per heavy atom. The molecule has 5 nitrogen and oxygen atoms in total. The van der Waals surface area contributed by atoms with Crippen molar-refractivity contribution in [3.8, 4) is 0 Å². The fourth-order valence-corrected chi connectivity index (χ4v) is 3.47. The first-order valence-electron chi connectivity index (χ1n) is 8.96. The van der Waals surface area contributed by atoms with Crippen LogP contribution in [0.1, 0.15) is 37.7 Å². The number of hydrogen-bond donors (Lipinski definition) is 1. The smallest absolute Gasteiger partial charge is 0.245 e. The van der Waals surface area contributed by atoms with Gasteiger partial charge in [0.25, 0.3) is 0 Å². The van der Waals surface area contributed by atoms with E-state index < -0.39 is 6.04 Å². The first-order valence-corrected chi connectivity index (χ1v) is 8.96. The van der Waals surface area contributed by atoms with Crippen LogP contribution in [-0.4, -0.2) is 48.6 Å². The lowest BCUT2D eigenvalue weighted by Gasteiger charge is -2.24. The molecule has 0 aromatic heterocycles. The van der Waals surface area contributed by atoms with Gasteiger partial charge < -0.3 is 15.0 Å². The van der Waals surface area contributed by atoms with Crippen LogP contribution in [0.5, 0.6) is 0 Å². The van der Waals surface area contributed by atoms with Crippen LogP contribution in [0.4, 0.5) is 0 Å². The number of carbonyl (C=O) groups excluding carboxylic acids is 2. The van der Waals surface area contributed by atoms with Gasteiger partial charge in [-0.3, -0.25) is 9.59 Å². The van der Waals surface area contributed by atoms with Crippen molar-refractivity contribution in [3.05, 3.63) is 35.9 Å². The zero-order chi connectivity index (χ0) is 16.8. The quantitative estimate of drug-likeness (QED) is 0.867. The van der Waals surface area contributed by atoms with Crippen LogP contribution >= 0.6 is 0 Å². The predicted molar refractivity (Wildman–Crippen MR) is 91.5 cm³/mol. The lowest BCUT2D eigenvalue weighted by atomic mass is 10.0. The molecule has 2 unspecified atom stereocenters. The molecule has 0 saturated carbocycles. The van der Waals surface area contributed by atoms with Gasteiger partial charge in [-0.25, -0.2) is 0 Å². The summed E-state index contributed by atoms with van der Waals surface area (Å²) in [7, 11) is 0. The molecule has 24 heavy (non-hydrogen) atoms. The molecule has 0 radical (unpaired) electrons. The Kier molecular flexibility index (Phi) is 5.86. The lowest BCUT2D eigenvalue weighted by molar-refractivity contribution is -0.136. The number of rotatable bonds is 6. The molecule has 130 valence electrons. The summed E-state index contributed by atoms with van der Waals surface area (Å²) in [6, 6.07) is 9.38. The van der Waals surface area contributed by atoms with Crippen LogP contribution in [0.25, 0.3) is 0 Å². The monoisotopic (exact) mass is 330 g/mol. The summed E-state index contributed by atoms with van der Waals surface area (Å²) in [6.07, 6.45) is 4.92. The highest BCUT2D eigenvalue weighted by molar-refractivity contribution is 5.88. The van der Waals surface area contributed by atoms with Crippen LogP contribution in [0.15, 0.2) is 30.3 Å². The number of likely N-dealkylation sites (tertiary alicyclic amines) is 1. The third kappa shape index (κ3) is 4.57. The number of nitrogens with one attached hydrogen (secondary N) is 1. The van der Waals surface area contributed by atoms with E-state index >= 15 is 0 Å². The Morgan fingerprint density at radius 2 is 1.92 bits per heavy atom. The highest BCUT2D eigenvalue weighted by Gasteiger charge is 2.29. The van der Waals surface area contributed by atoms with Crippen LogP contribution in [0.3, 0.4) is 0 Å². The van der Waals surface area contributed by atoms with E-state index in [1.165, 1.54) is 0 Å². The standard InChI is InChI=1S/C19H26N2O3/c22-18(14-16-9-6-12-24-16)20-17(13-15-7-2-1-3-8-15)19(23)21-10-4-5-11-21/h1-3,7-8,16-17H,4-6,9-14H2,(H,20,22). The highest BCUT2D eigenvalue weighted by Crippen LogP contribution is 2.16. The van der Waals surface area contributed by atoms with Crippen molar-refractivity contribution in [1.82, 2.24) is 10.2 Å². The Bertz CT molecular complexity index is 549. The molecule has 5 heteroatoms. The topological polar surface area (TPSA) is 58.6 Å². The number of nitrogens with zero attached hydrogens (tertiary/aromatic N) is 1. The van der Waals surface area contributed by atoms with E-state index in [0.29, 0.717) is 12.8 Å². The van der Waals surface area contributed by atoms with Crippen LogP contribution in [0.2, 0.25) is 0 Å². The molecule has 2 fully saturated rings. The van der Waals surface area contributed by atoms with Gasteiger partial charge in [-0.2, -0.15) is 0 Å². The molecule has 0 bridgehead atoms. The zero-order valence-corrected chi connectivity index (χ0v) is 14.1. The van der Waals surface area contributed by atoms with Gasteiger partial charge in [-0.05, 0) is 31.2 Å². The van der Waals surface area contributed by atoms with Crippen molar-refractivity contribution in [1.29, 1.82) is 0 Å². The van der Waals surface area contributed by atoms with Crippen LogP contribution < -0.4 is 5.32 Å². The lowest BCUT2D eigenvalue weighted by Crippen LogP contribution is -2.49. The Labute approximate surface area is 143 Å². The van der Waals surface area contributed by atoms with Gasteiger partial charge in [0.1, 0.15) is 6.04 Å². The summed E-state index contributed by atoms with van der Waals surface area (Å²) in [5.74, 6) is -0.0487. The van der Waals surface area contributed by atoms with Gasteiger partial charge >= 0.3 is 0 Å². The number of amides is 2. The van der Waals surface area contributed by atoms with Crippen molar-refractivity contribution in [2.75, 3.05) is 19.7 Å². The number of hydrogen-bond acceptors (Lipinski definition) is 3. The first kappa shape index (κ1) is 17.0. The molecule has 0 spiro atoms. The van der Waals surface area contributed by atoms with E-state index in [-0.39, 0.29) is 17.9 Å². The molecule has 1 aromatic carbocycles. The molecule has 2 aliphatic heterocycles. The molecule has 1 N–H and O–H groups in total. The fourth-order valence-electron chi connectivity index (χ4n) is 3.47. The first-order chi connectivity index (χ1) is 11.7. The van der Waals surface area contributed by atoms with E-state index in [1.54, 1.807) is 0 Å². The average Bonchev–Trinajstić information content (AvgIpc) is 3.28. The molecule has 2 heterocycles. The second-order valence-corrected chi connectivity index (χ2v) is 6.68. The molecule has 2 saturated heterocycles. The van der Waals surface area contributed by atoms with E-state index in [9.17, 15) is 9.59 Å². The summed E-state index contributed by atoms with van der Waals surface area (Å²) in [6.45, 7) is 2.33. The maximum Gasteiger partial charge on any atom is 0.245 e. The van der Waals surface area contributed by atoms with E-state index in [2.05, 4.69) is 5.32 Å². The summed E-state index contributed by atoms with van der Waals surface area (Å²) in [4.78, 5) is 27.0. The second-order valence-electron chi connectivity index (χ2n) is 6.68. The molecule has 0 aliphatic carbocycles. The molecular formula is C19H26N2O3. The van der Waals surface area contributed by atoms with E-state index in [1.807, 2.05) is 35.2 Å². The summed E-state index contributed by atoms with van der Waals surface area (Å²) in [5.41, 5.74) is 1.06. The third-order valence-corrected chi connectivity index (χ3v) is 4.77. The van der Waals surface area contributed by atoms with Gasteiger partial charge in [-0.15, -0.1) is 0 Å². The molecule has 1 aromatic rings. The third-order valence-electron chi connectivity index (χ3n) is 4.77. The van der Waals surface area contributed by atoms with E-state index in [4.69, 9.17) is 4.74 Å². The summed E-state index contributed by atoms with van der Waals surface area (Å²) < 4.78 is 5.53.